The number of benzene rings is 2. The van der Waals surface area contributed by atoms with Gasteiger partial charge in [-0.2, -0.15) is 0 Å². The third kappa shape index (κ3) is 3.23. The number of imidazole rings is 1. The van der Waals surface area contributed by atoms with Crippen LogP contribution in [0.15, 0.2) is 53.5 Å². The SMILES string of the molecule is Cc1ncc2c(n1)NCCC2n1c(=O)[nH]c2ccc(Oc3cccc(Cl)c3)cc21. The molecule has 2 aromatic heterocycles. The minimum atomic E-state index is -0.168. The maximum absolute atomic E-state index is 12.8. The quantitative estimate of drug-likeness (QED) is 0.529. The van der Waals surface area contributed by atoms with Crippen LogP contribution in [0, 0.1) is 6.92 Å². The van der Waals surface area contributed by atoms with E-state index in [1.165, 1.54) is 0 Å². The van der Waals surface area contributed by atoms with E-state index in [1.54, 1.807) is 22.9 Å². The molecular formula is C21H18ClN5O2. The standard InChI is InChI=1S/C21H18ClN5O2/c1-12-24-11-16-18(7-8-23-20(16)25-12)27-19-10-15(5-6-17(19)26-21(27)28)29-14-4-2-3-13(22)9-14/h2-6,9-11,18H,7-8H2,1H3,(H,26,28)(H,23,24,25). The van der Waals surface area contributed by atoms with E-state index >= 15 is 0 Å². The molecule has 0 saturated carbocycles. The van der Waals surface area contributed by atoms with E-state index in [0.29, 0.717) is 22.3 Å². The second-order valence-electron chi connectivity index (χ2n) is 6.99. The Kier molecular flexibility index (Phi) is 4.24. The summed E-state index contributed by atoms with van der Waals surface area (Å²) in [6.07, 6.45) is 2.55. The van der Waals surface area contributed by atoms with Crippen LogP contribution in [0.3, 0.4) is 0 Å². The molecule has 0 aliphatic carbocycles. The van der Waals surface area contributed by atoms with Gasteiger partial charge in [-0.15, -0.1) is 0 Å². The highest BCUT2D eigenvalue weighted by Gasteiger charge is 2.26. The molecule has 8 heteroatoms. The van der Waals surface area contributed by atoms with Gasteiger partial charge in [0, 0.05) is 29.4 Å². The highest BCUT2D eigenvalue weighted by Crippen LogP contribution is 2.33. The number of hydrogen-bond acceptors (Lipinski definition) is 5. The number of ether oxygens (including phenoxy) is 1. The van der Waals surface area contributed by atoms with Gasteiger partial charge in [0.2, 0.25) is 0 Å². The number of hydrogen-bond donors (Lipinski definition) is 2. The molecule has 29 heavy (non-hydrogen) atoms. The summed E-state index contributed by atoms with van der Waals surface area (Å²) < 4.78 is 7.72. The Hall–Kier alpha value is -3.32. The fourth-order valence-corrected chi connectivity index (χ4v) is 3.94. The molecule has 0 spiro atoms. The molecule has 0 fully saturated rings. The monoisotopic (exact) mass is 407 g/mol. The number of aromatic amines is 1. The molecule has 1 aliphatic rings. The van der Waals surface area contributed by atoms with E-state index in [4.69, 9.17) is 16.3 Å². The second-order valence-corrected chi connectivity index (χ2v) is 7.43. The summed E-state index contributed by atoms with van der Waals surface area (Å²) in [6.45, 7) is 2.58. The smallest absolute Gasteiger partial charge is 0.327 e. The highest BCUT2D eigenvalue weighted by atomic mass is 35.5. The first-order chi connectivity index (χ1) is 14.1. The van der Waals surface area contributed by atoms with E-state index in [1.807, 2.05) is 37.3 Å². The Bertz CT molecular complexity index is 1280. The molecule has 146 valence electrons. The van der Waals surface area contributed by atoms with Crippen LogP contribution in [0.1, 0.15) is 23.9 Å². The van der Waals surface area contributed by atoms with Gasteiger partial charge in [-0.05, 0) is 43.7 Å². The number of anilines is 1. The van der Waals surface area contributed by atoms with Crippen molar-refractivity contribution >= 4 is 28.5 Å². The molecule has 0 radical (unpaired) electrons. The lowest BCUT2D eigenvalue weighted by Crippen LogP contribution is -2.29. The van der Waals surface area contributed by atoms with Crippen molar-refractivity contribution in [2.45, 2.75) is 19.4 Å². The Balaban J connectivity index is 1.60. The first kappa shape index (κ1) is 17.8. The molecule has 5 rings (SSSR count). The number of fused-ring (bicyclic) bond motifs is 2. The van der Waals surface area contributed by atoms with Crippen LogP contribution in [0.4, 0.5) is 5.82 Å². The number of halogens is 1. The van der Waals surface area contributed by atoms with Crippen LogP contribution >= 0.6 is 11.6 Å². The van der Waals surface area contributed by atoms with Crippen LogP contribution < -0.4 is 15.7 Å². The van der Waals surface area contributed by atoms with Crippen molar-refractivity contribution in [3.63, 3.8) is 0 Å². The van der Waals surface area contributed by atoms with Gasteiger partial charge in [0.05, 0.1) is 17.1 Å². The average Bonchev–Trinajstić information content (AvgIpc) is 3.02. The third-order valence-corrected chi connectivity index (χ3v) is 5.27. The van der Waals surface area contributed by atoms with Crippen LogP contribution in [0.25, 0.3) is 11.0 Å². The molecule has 1 atom stereocenters. The van der Waals surface area contributed by atoms with E-state index in [-0.39, 0.29) is 11.7 Å². The molecular weight excluding hydrogens is 390 g/mol. The molecule has 0 bridgehead atoms. The topological polar surface area (TPSA) is 84.8 Å². The fourth-order valence-electron chi connectivity index (χ4n) is 3.76. The lowest BCUT2D eigenvalue weighted by atomic mass is 10.0. The highest BCUT2D eigenvalue weighted by molar-refractivity contribution is 6.30. The molecule has 7 nitrogen and oxygen atoms in total. The number of aromatic nitrogens is 4. The maximum Gasteiger partial charge on any atom is 0.327 e. The molecule has 1 aliphatic heterocycles. The zero-order valence-electron chi connectivity index (χ0n) is 15.6. The summed E-state index contributed by atoms with van der Waals surface area (Å²) in [4.78, 5) is 24.6. The van der Waals surface area contributed by atoms with Crippen molar-refractivity contribution in [2.75, 3.05) is 11.9 Å². The Morgan fingerprint density at radius 3 is 2.93 bits per heavy atom. The van der Waals surface area contributed by atoms with Crippen LogP contribution in [0.2, 0.25) is 5.02 Å². The van der Waals surface area contributed by atoms with Gasteiger partial charge in [0.25, 0.3) is 0 Å². The van der Waals surface area contributed by atoms with Gasteiger partial charge in [-0.25, -0.2) is 14.8 Å². The van der Waals surface area contributed by atoms with E-state index in [9.17, 15) is 4.79 Å². The van der Waals surface area contributed by atoms with Crippen molar-refractivity contribution in [1.29, 1.82) is 0 Å². The fraction of sp³-hybridized carbons (Fsp3) is 0.190. The number of aryl methyl sites for hydroxylation is 1. The average molecular weight is 408 g/mol. The normalized spacial score (nSPS) is 15.7. The largest absolute Gasteiger partial charge is 0.457 e. The lowest BCUT2D eigenvalue weighted by Gasteiger charge is -2.26. The molecule has 2 aromatic carbocycles. The molecule has 0 amide bonds. The second kappa shape index (κ2) is 6.93. The molecule has 0 saturated heterocycles. The summed E-state index contributed by atoms with van der Waals surface area (Å²) in [5.74, 6) is 2.74. The summed E-state index contributed by atoms with van der Waals surface area (Å²) in [7, 11) is 0. The summed E-state index contributed by atoms with van der Waals surface area (Å²) in [5.41, 5.74) is 2.26. The number of nitrogens with one attached hydrogen (secondary N) is 2. The molecule has 4 aromatic rings. The van der Waals surface area contributed by atoms with Gasteiger partial charge in [-0.3, -0.25) is 4.57 Å². The summed E-state index contributed by atoms with van der Waals surface area (Å²) in [5, 5.41) is 3.90. The third-order valence-electron chi connectivity index (χ3n) is 5.04. The minimum Gasteiger partial charge on any atom is -0.457 e. The number of nitrogens with zero attached hydrogens (tertiary/aromatic N) is 3. The first-order valence-corrected chi connectivity index (χ1v) is 9.71. The predicted molar refractivity (Wildman–Crippen MR) is 112 cm³/mol. The van der Waals surface area contributed by atoms with E-state index < -0.39 is 0 Å². The minimum absolute atomic E-state index is 0.158. The van der Waals surface area contributed by atoms with Crippen molar-refractivity contribution < 1.29 is 4.74 Å². The van der Waals surface area contributed by atoms with Gasteiger partial charge in [0.15, 0.2) is 0 Å². The van der Waals surface area contributed by atoms with Gasteiger partial charge in [-0.1, -0.05) is 17.7 Å². The maximum atomic E-state index is 12.8. The zero-order chi connectivity index (χ0) is 20.0. The Labute approximate surface area is 171 Å². The lowest BCUT2D eigenvalue weighted by molar-refractivity contribution is 0.482. The van der Waals surface area contributed by atoms with E-state index in [0.717, 1.165) is 35.4 Å². The van der Waals surface area contributed by atoms with Crippen molar-refractivity contribution in [3.05, 3.63) is 75.6 Å². The molecule has 3 heterocycles. The summed E-state index contributed by atoms with van der Waals surface area (Å²) in [6, 6.07) is 12.6. The predicted octanol–water partition coefficient (Wildman–Crippen LogP) is 4.28. The summed E-state index contributed by atoms with van der Waals surface area (Å²) >= 11 is 6.05. The van der Waals surface area contributed by atoms with Gasteiger partial charge < -0.3 is 15.0 Å². The van der Waals surface area contributed by atoms with Crippen LogP contribution in [0.5, 0.6) is 11.5 Å². The van der Waals surface area contributed by atoms with E-state index in [2.05, 4.69) is 20.3 Å². The molecule has 1 unspecified atom stereocenters. The number of rotatable bonds is 3. The number of H-pyrrole nitrogens is 1. The van der Waals surface area contributed by atoms with Crippen LogP contribution in [-0.4, -0.2) is 26.1 Å². The Morgan fingerprint density at radius 1 is 1.21 bits per heavy atom. The molecule has 2 N–H and O–H groups in total. The zero-order valence-corrected chi connectivity index (χ0v) is 16.4. The van der Waals surface area contributed by atoms with Crippen molar-refractivity contribution in [2.24, 2.45) is 0 Å². The van der Waals surface area contributed by atoms with Gasteiger partial charge >= 0.3 is 5.69 Å². The van der Waals surface area contributed by atoms with Crippen molar-refractivity contribution in [1.82, 2.24) is 19.5 Å². The Morgan fingerprint density at radius 2 is 2.07 bits per heavy atom. The first-order valence-electron chi connectivity index (χ1n) is 9.33. The van der Waals surface area contributed by atoms with Crippen LogP contribution in [-0.2, 0) is 0 Å². The van der Waals surface area contributed by atoms with Gasteiger partial charge in [0.1, 0.15) is 23.1 Å². The van der Waals surface area contributed by atoms with Crippen molar-refractivity contribution in [3.8, 4) is 11.5 Å².